The molecule has 0 radical (unpaired) electrons. The predicted molar refractivity (Wildman–Crippen MR) is 75.5 cm³/mol. The van der Waals surface area contributed by atoms with Crippen LogP contribution in [0.3, 0.4) is 0 Å². The van der Waals surface area contributed by atoms with Gasteiger partial charge in [-0.1, -0.05) is 11.6 Å². The van der Waals surface area contributed by atoms with Gasteiger partial charge in [-0.2, -0.15) is 0 Å². The maximum atomic E-state index is 14.0. The number of hydrogen-bond donors (Lipinski definition) is 1. The highest BCUT2D eigenvalue weighted by Crippen LogP contribution is 2.36. The van der Waals surface area contributed by atoms with Crippen molar-refractivity contribution in [3.8, 4) is 0 Å². The molecule has 1 N–H and O–H groups in total. The summed E-state index contributed by atoms with van der Waals surface area (Å²) in [5, 5.41) is 4.17. The molecule has 3 nitrogen and oxygen atoms in total. The third kappa shape index (κ3) is 2.09. The van der Waals surface area contributed by atoms with Gasteiger partial charge in [0.25, 0.3) is 0 Å². The van der Waals surface area contributed by atoms with E-state index in [1.54, 1.807) is 12.3 Å². The molecule has 19 heavy (non-hydrogen) atoms. The number of nitrogens with zero attached hydrogens (tertiary/aromatic N) is 1. The van der Waals surface area contributed by atoms with E-state index in [0.717, 1.165) is 18.8 Å². The van der Waals surface area contributed by atoms with E-state index in [-0.39, 0.29) is 11.1 Å². The SMILES string of the molecule is C[C@H]1CN(c2cc(F)c(Cl)c3ccoc23)[C@@H](C)CN1. The Bertz CT molecular complexity index is 613. The van der Waals surface area contributed by atoms with E-state index in [0.29, 0.717) is 17.0 Å². The van der Waals surface area contributed by atoms with Crippen LogP contribution in [0.5, 0.6) is 0 Å². The van der Waals surface area contributed by atoms with Crippen LogP contribution in [0.2, 0.25) is 5.02 Å². The summed E-state index contributed by atoms with van der Waals surface area (Å²) in [6, 6.07) is 3.83. The maximum absolute atomic E-state index is 14.0. The Labute approximate surface area is 116 Å². The third-order valence-electron chi connectivity index (χ3n) is 3.68. The van der Waals surface area contributed by atoms with Gasteiger partial charge in [-0.05, 0) is 19.9 Å². The number of halogens is 2. The standard InChI is InChI=1S/C14H16ClFN2O/c1-8-7-18(9(2)6-17-8)12-5-11(16)13(15)10-3-4-19-14(10)12/h3-5,8-9,17H,6-7H2,1-2H3/t8-,9-/m0/s1. The number of furan rings is 1. The number of rotatable bonds is 1. The molecule has 1 saturated heterocycles. The molecule has 0 saturated carbocycles. The van der Waals surface area contributed by atoms with E-state index in [1.165, 1.54) is 6.07 Å². The van der Waals surface area contributed by atoms with Crippen LogP contribution in [-0.2, 0) is 0 Å². The zero-order chi connectivity index (χ0) is 13.6. The van der Waals surface area contributed by atoms with Gasteiger partial charge >= 0.3 is 0 Å². The van der Waals surface area contributed by atoms with E-state index in [9.17, 15) is 4.39 Å². The summed E-state index contributed by atoms with van der Waals surface area (Å²) in [7, 11) is 0. The topological polar surface area (TPSA) is 28.4 Å². The molecule has 1 aromatic carbocycles. The van der Waals surface area contributed by atoms with Crippen molar-refractivity contribution >= 4 is 28.3 Å². The molecule has 102 valence electrons. The van der Waals surface area contributed by atoms with Crippen LogP contribution in [0.15, 0.2) is 22.8 Å². The first-order valence-electron chi connectivity index (χ1n) is 6.43. The van der Waals surface area contributed by atoms with Crippen LogP contribution in [0.4, 0.5) is 10.1 Å². The minimum atomic E-state index is -0.399. The Morgan fingerprint density at radius 3 is 3.05 bits per heavy atom. The van der Waals surface area contributed by atoms with Crippen LogP contribution in [0.25, 0.3) is 11.0 Å². The van der Waals surface area contributed by atoms with Crippen molar-refractivity contribution in [2.45, 2.75) is 25.9 Å². The number of fused-ring (bicyclic) bond motifs is 1. The monoisotopic (exact) mass is 282 g/mol. The first-order chi connectivity index (χ1) is 9.08. The van der Waals surface area contributed by atoms with E-state index in [2.05, 4.69) is 24.1 Å². The Balaban J connectivity index is 2.14. The van der Waals surface area contributed by atoms with Crippen molar-refractivity contribution in [2.24, 2.45) is 0 Å². The summed E-state index contributed by atoms with van der Waals surface area (Å²) in [5.41, 5.74) is 1.44. The Hall–Kier alpha value is -1.26. The average molecular weight is 283 g/mol. The fraction of sp³-hybridized carbons (Fsp3) is 0.429. The third-order valence-corrected chi connectivity index (χ3v) is 4.07. The Morgan fingerprint density at radius 2 is 2.26 bits per heavy atom. The van der Waals surface area contributed by atoms with Gasteiger partial charge < -0.3 is 14.6 Å². The van der Waals surface area contributed by atoms with Gasteiger partial charge in [0.2, 0.25) is 0 Å². The highest BCUT2D eigenvalue weighted by Gasteiger charge is 2.26. The lowest BCUT2D eigenvalue weighted by Crippen LogP contribution is -2.54. The summed E-state index contributed by atoms with van der Waals surface area (Å²) in [4.78, 5) is 2.17. The molecule has 0 bridgehead atoms. The minimum absolute atomic E-state index is 0.128. The average Bonchev–Trinajstić information content (AvgIpc) is 2.86. The summed E-state index contributed by atoms with van der Waals surface area (Å²) < 4.78 is 19.5. The quantitative estimate of drug-likeness (QED) is 0.869. The van der Waals surface area contributed by atoms with Gasteiger partial charge in [-0.25, -0.2) is 4.39 Å². The fourth-order valence-electron chi connectivity index (χ4n) is 2.63. The molecular weight excluding hydrogens is 267 g/mol. The number of hydrogen-bond acceptors (Lipinski definition) is 3. The Morgan fingerprint density at radius 1 is 1.47 bits per heavy atom. The maximum Gasteiger partial charge on any atom is 0.158 e. The normalized spacial score (nSPS) is 24.1. The van der Waals surface area contributed by atoms with E-state index < -0.39 is 5.82 Å². The van der Waals surface area contributed by atoms with Crippen molar-refractivity contribution in [3.63, 3.8) is 0 Å². The van der Waals surface area contributed by atoms with E-state index in [4.69, 9.17) is 16.0 Å². The van der Waals surface area contributed by atoms with Crippen LogP contribution in [-0.4, -0.2) is 25.2 Å². The number of anilines is 1. The molecular formula is C14H16ClFN2O. The molecule has 0 unspecified atom stereocenters. The Kier molecular flexibility index (Phi) is 3.15. The van der Waals surface area contributed by atoms with Crippen molar-refractivity contribution in [1.82, 2.24) is 5.32 Å². The van der Waals surface area contributed by atoms with Gasteiger partial charge in [0.1, 0.15) is 5.82 Å². The summed E-state index contributed by atoms with van der Waals surface area (Å²) in [6.07, 6.45) is 1.55. The number of piperazine rings is 1. The first kappa shape index (κ1) is 12.8. The lowest BCUT2D eigenvalue weighted by molar-refractivity contribution is 0.424. The lowest BCUT2D eigenvalue weighted by Gasteiger charge is -2.39. The number of nitrogens with one attached hydrogen (secondary N) is 1. The molecule has 2 atom stereocenters. The summed E-state index contributed by atoms with van der Waals surface area (Å²) >= 11 is 5.98. The zero-order valence-electron chi connectivity index (χ0n) is 10.9. The highest BCUT2D eigenvalue weighted by molar-refractivity contribution is 6.36. The van der Waals surface area contributed by atoms with Crippen molar-refractivity contribution < 1.29 is 8.81 Å². The molecule has 0 amide bonds. The predicted octanol–water partition coefficient (Wildman–Crippen LogP) is 3.41. The largest absolute Gasteiger partial charge is 0.462 e. The van der Waals surface area contributed by atoms with Gasteiger partial charge in [-0.15, -0.1) is 0 Å². The molecule has 5 heteroatoms. The molecule has 1 aliphatic rings. The molecule has 1 aliphatic heterocycles. The molecule has 0 aliphatic carbocycles. The molecule has 0 spiro atoms. The molecule has 2 aromatic rings. The molecule has 1 fully saturated rings. The van der Waals surface area contributed by atoms with Crippen molar-refractivity contribution in [3.05, 3.63) is 29.2 Å². The van der Waals surface area contributed by atoms with Gasteiger partial charge in [0.15, 0.2) is 5.58 Å². The first-order valence-corrected chi connectivity index (χ1v) is 6.81. The molecule has 1 aromatic heterocycles. The second kappa shape index (κ2) is 4.69. The highest BCUT2D eigenvalue weighted by atomic mass is 35.5. The second-order valence-corrected chi connectivity index (χ2v) is 5.54. The van der Waals surface area contributed by atoms with Gasteiger partial charge in [0, 0.05) is 36.6 Å². The smallest absolute Gasteiger partial charge is 0.158 e. The number of benzene rings is 1. The van der Waals surface area contributed by atoms with Crippen molar-refractivity contribution in [2.75, 3.05) is 18.0 Å². The fourth-order valence-corrected chi connectivity index (χ4v) is 2.83. The minimum Gasteiger partial charge on any atom is -0.462 e. The van der Waals surface area contributed by atoms with E-state index >= 15 is 0 Å². The van der Waals surface area contributed by atoms with Crippen LogP contribution in [0.1, 0.15) is 13.8 Å². The summed E-state index contributed by atoms with van der Waals surface area (Å²) in [5.74, 6) is -0.399. The van der Waals surface area contributed by atoms with Gasteiger partial charge in [0.05, 0.1) is 17.0 Å². The van der Waals surface area contributed by atoms with Gasteiger partial charge in [-0.3, -0.25) is 0 Å². The van der Waals surface area contributed by atoms with E-state index in [1.807, 2.05) is 0 Å². The van der Waals surface area contributed by atoms with Crippen LogP contribution in [0, 0.1) is 5.82 Å². The molecule has 2 heterocycles. The lowest BCUT2D eigenvalue weighted by atomic mass is 10.1. The second-order valence-electron chi connectivity index (χ2n) is 5.17. The van der Waals surface area contributed by atoms with Crippen LogP contribution < -0.4 is 10.2 Å². The molecule has 3 rings (SSSR count). The van der Waals surface area contributed by atoms with Crippen molar-refractivity contribution in [1.29, 1.82) is 0 Å². The van der Waals surface area contributed by atoms with Crippen LogP contribution >= 0.6 is 11.6 Å². The summed E-state index contributed by atoms with van der Waals surface area (Å²) in [6.45, 7) is 5.91. The zero-order valence-corrected chi connectivity index (χ0v) is 11.7.